The number of oxazole rings is 1. The van der Waals surface area contributed by atoms with Gasteiger partial charge in [0, 0.05) is 0 Å². The third kappa shape index (κ3) is 2.02. The van der Waals surface area contributed by atoms with Gasteiger partial charge in [0.25, 0.3) is 0 Å². The van der Waals surface area contributed by atoms with E-state index in [1.165, 1.54) is 0 Å². The van der Waals surface area contributed by atoms with Gasteiger partial charge >= 0.3 is 0 Å². The highest BCUT2D eigenvalue weighted by Gasteiger charge is 2.14. The first kappa shape index (κ1) is 11.0. The molecular formula is C12H16N2O2. The van der Waals surface area contributed by atoms with Gasteiger partial charge in [-0.1, -0.05) is 6.92 Å². The summed E-state index contributed by atoms with van der Waals surface area (Å²) in [4.78, 5) is 4.26. The molecule has 2 aromatic heterocycles. The van der Waals surface area contributed by atoms with Crippen molar-refractivity contribution in [3.8, 4) is 11.3 Å². The van der Waals surface area contributed by atoms with Crippen LogP contribution < -0.4 is 5.32 Å². The third-order valence-corrected chi connectivity index (χ3v) is 2.53. The standard InChI is InChI=1S/C12H16N2O2/c1-4-13-8(2)12-14-7-11(16-12)10-5-6-15-9(10)3/h5-8,13H,4H2,1-3H3. The van der Waals surface area contributed by atoms with Crippen molar-refractivity contribution in [2.75, 3.05) is 6.54 Å². The Bertz CT molecular complexity index is 459. The summed E-state index contributed by atoms with van der Waals surface area (Å²) in [5, 5.41) is 3.26. The molecule has 0 aliphatic heterocycles. The molecule has 0 aliphatic rings. The third-order valence-electron chi connectivity index (χ3n) is 2.53. The number of nitrogens with one attached hydrogen (secondary N) is 1. The van der Waals surface area contributed by atoms with Crippen LogP contribution in [0.3, 0.4) is 0 Å². The number of aryl methyl sites for hydroxylation is 1. The van der Waals surface area contributed by atoms with E-state index in [2.05, 4.69) is 17.2 Å². The zero-order chi connectivity index (χ0) is 11.5. The Morgan fingerprint density at radius 1 is 1.50 bits per heavy atom. The van der Waals surface area contributed by atoms with E-state index in [1.54, 1.807) is 12.5 Å². The van der Waals surface area contributed by atoms with Crippen LogP contribution in [0.25, 0.3) is 11.3 Å². The molecule has 1 atom stereocenters. The fraction of sp³-hybridized carbons (Fsp3) is 0.417. The maximum absolute atomic E-state index is 5.69. The number of nitrogens with zero attached hydrogens (tertiary/aromatic N) is 1. The largest absolute Gasteiger partial charge is 0.469 e. The van der Waals surface area contributed by atoms with Gasteiger partial charge in [0.2, 0.25) is 5.89 Å². The monoisotopic (exact) mass is 220 g/mol. The van der Waals surface area contributed by atoms with Crippen molar-refractivity contribution in [2.24, 2.45) is 0 Å². The van der Waals surface area contributed by atoms with Gasteiger partial charge in [0.1, 0.15) is 5.76 Å². The number of hydrogen-bond donors (Lipinski definition) is 1. The lowest BCUT2D eigenvalue weighted by Crippen LogP contribution is -2.17. The minimum absolute atomic E-state index is 0.131. The van der Waals surface area contributed by atoms with E-state index in [4.69, 9.17) is 8.83 Å². The van der Waals surface area contributed by atoms with Crippen LogP contribution in [0.1, 0.15) is 31.5 Å². The molecule has 2 heterocycles. The van der Waals surface area contributed by atoms with E-state index in [1.807, 2.05) is 19.9 Å². The Morgan fingerprint density at radius 2 is 2.31 bits per heavy atom. The second-order valence-corrected chi connectivity index (χ2v) is 3.73. The molecule has 0 spiro atoms. The molecule has 4 nitrogen and oxygen atoms in total. The number of aromatic nitrogens is 1. The second kappa shape index (κ2) is 4.53. The van der Waals surface area contributed by atoms with Crippen LogP contribution in [0.4, 0.5) is 0 Å². The van der Waals surface area contributed by atoms with E-state index in [9.17, 15) is 0 Å². The molecule has 0 aromatic carbocycles. The van der Waals surface area contributed by atoms with Crippen LogP contribution in [0, 0.1) is 6.92 Å². The first-order valence-electron chi connectivity index (χ1n) is 5.46. The van der Waals surface area contributed by atoms with Gasteiger partial charge in [-0.25, -0.2) is 4.98 Å². The summed E-state index contributed by atoms with van der Waals surface area (Å²) in [7, 11) is 0. The number of hydrogen-bond acceptors (Lipinski definition) is 4. The average molecular weight is 220 g/mol. The zero-order valence-electron chi connectivity index (χ0n) is 9.78. The maximum Gasteiger partial charge on any atom is 0.211 e. The Labute approximate surface area is 94.7 Å². The fourth-order valence-electron chi connectivity index (χ4n) is 1.65. The van der Waals surface area contributed by atoms with Crippen molar-refractivity contribution in [3.63, 3.8) is 0 Å². The smallest absolute Gasteiger partial charge is 0.211 e. The van der Waals surface area contributed by atoms with E-state index >= 15 is 0 Å². The Morgan fingerprint density at radius 3 is 2.94 bits per heavy atom. The van der Waals surface area contributed by atoms with Crippen molar-refractivity contribution in [1.82, 2.24) is 10.3 Å². The zero-order valence-corrected chi connectivity index (χ0v) is 9.78. The SMILES string of the molecule is CCNC(C)c1ncc(-c2ccoc2C)o1. The van der Waals surface area contributed by atoms with Crippen molar-refractivity contribution < 1.29 is 8.83 Å². The molecule has 86 valence electrons. The van der Waals surface area contributed by atoms with Gasteiger partial charge in [-0.15, -0.1) is 0 Å². The van der Waals surface area contributed by atoms with Gasteiger partial charge in [-0.3, -0.25) is 0 Å². The highest BCUT2D eigenvalue weighted by Crippen LogP contribution is 2.26. The second-order valence-electron chi connectivity index (χ2n) is 3.73. The van der Waals surface area contributed by atoms with Crippen molar-refractivity contribution in [3.05, 3.63) is 30.2 Å². The predicted molar refractivity (Wildman–Crippen MR) is 61.0 cm³/mol. The molecule has 0 aliphatic carbocycles. The van der Waals surface area contributed by atoms with Crippen LogP contribution >= 0.6 is 0 Å². The quantitative estimate of drug-likeness (QED) is 0.860. The van der Waals surface area contributed by atoms with Crippen molar-refractivity contribution in [1.29, 1.82) is 0 Å². The summed E-state index contributed by atoms with van der Waals surface area (Å²) >= 11 is 0. The fourth-order valence-corrected chi connectivity index (χ4v) is 1.65. The Kier molecular flexibility index (Phi) is 3.10. The minimum Gasteiger partial charge on any atom is -0.469 e. The molecule has 0 radical (unpaired) electrons. The van der Waals surface area contributed by atoms with Crippen LogP contribution in [0.2, 0.25) is 0 Å². The molecule has 0 saturated carbocycles. The van der Waals surface area contributed by atoms with Crippen LogP contribution in [-0.2, 0) is 0 Å². The van der Waals surface area contributed by atoms with Crippen LogP contribution in [0.15, 0.2) is 27.4 Å². The Balaban J connectivity index is 2.23. The molecular weight excluding hydrogens is 204 g/mol. The lowest BCUT2D eigenvalue weighted by Gasteiger charge is -2.06. The predicted octanol–water partition coefficient (Wildman–Crippen LogP) is 2.91. The van der Waals surface area contributed by atoms with Gasteiger partial charge in [0.15, 0.2) is 5.76 Å². The van der Waals surface area contributed by atoms with Crippen molar-refractivity contribution in [2.45, 2.75) is 26.8 Å². The van der Waals surface area contributed by atoms with E-state index in [0.29, 0.717) is 5.89 Å². The first-order valence-corrected chi connectivity index (χ1v) is 5.46. The van der Waals surface area contributed by atoms with E-state index < -0.39 is 0 Å². The summed E-state index contributed by atoms with van der Waals surface area (Å²) in [5.74, 6) is 2.31. The van der Waals surface area contributed by atoms with Gasteiger partial charge in [-0.05, 0) is 26.5 Å². The summed E-state index contributed by atoms with van der Waals surface area (Å²) in [6.07, 6.45) is 3.39. The lowest BCUT2D eigenvalue weighted by molar-refractivity contribution is 0.428. The van der Waals surface area contributed by atoms with E-state index in [-0.39, 0.29) is 6.04 Å². The lowest BCUT2D eigenvalue weighted by atomic mass is 10.2. The maximum atomic E-state index is 5.69. The molecule has 1 N–H and O–H groups in total. The van der Waals surface area contributed by atoms with Gasteiger partial charge < -0.3 is 14.2 Å². The minimum atomic E-state index is 0.131. The Hall–Kier alpha value is -1.55. The first-order chi connectivity index (χ1) is 7.72. The molecule has 0 fully saturated rings. The average Bonchev–Trinajstić information content (AvgIpc) is 2.86. The highest BCUT2D eigenvalue weighted by atomic mass is 16.4. The molecule has 4 heteroatoms. The van der Waals surface area contributed by atoms with E-state index in [0.717, 1.165) is 23.6 Å². The summed E-state index contributed by atoms with van der Waals surface area (Å²) in [6.45, 7) is 6.89. The number of furan rings is 1. The normalized spacial score (nSPS) is 12.9. The van der Waals surface area contributed by atoms with Gasteiger partial charge in [-0.2, -0.15) is 0 Å². The summed E-state index contributed by atoms with van der Waals surface area (Å²) in [6, 6.07) is 2.02. The topological polar surface area (TPSA) is 51.2 Å². The molecule has 0 bridgehead atoms. The summed E-state index contributed by atoms with van der Waals surface area (Å²) in [5.41, 5.74) is 0.961. The molecule has 2 rings (SSSR count). The van der Waals surface area contributed by atoms with Crippen molar-refractivity contribution >= 4 is 0 Å². The summed E-state index contributed by atoms with van der Waals surface area (Å²) < 4.78 is 10.9. The number of rotatable bonds is 4. The van der Waals surface area contributed by atoms with Crippen LogP contribution in [0.5, 0.6) is 0 Å². The van der Waals surface area contributed by atoms with Crippen LogP contribution in [-0.4, -0.2) is 11.5 Å². The van der Waals surface area contributed by atoms with Gasteiger partial charge in [0.05, 0.1) is 24.1 Å². The molecule has 0 amide bonds. The molecule has 0 saturated heterocycles. The molecule has 16 heavy (non-hydrogen) atoms. The molecule has 2 aromatic rings. The highest BCUT2D eigenvalue weighted by molar-refractivity contribution is 5.58. The molecule has 1 unspecified atom stereocenters.